The Morgan fingerprint density at radius 3 is 2.46 bits per heavy atom. The van der Waals surface area contributed by atoms with Gasteiger partial charge in [0.1, 0.15) is 11.6 Å². The van der Waals surface area contributed by atoms with Crippen LogP contribution in [0, 0.1) is 18.7 Å². The lowest BCUT2D eigenvalue weighted by molar-refractivity contribution is 0.0909. The van der Waals surface area contributed by atoms with Gasteiger partial charge in [-0.2, -0.15) is 0 Å². The molecular weight excluding hydrogens is 515 g/mol. The number of nitrogens with one attached hydrogen (secondary N) is 2. The maximum absolute atomic E-state index is 14.0. The fraction of sp³-hybridized carbons (Fsp3) is 0.323. The van der Waals surface area contributed by atoms with Gasteiger partial charge in [-0.1, -0.05) is 61.8 Å². The van der Waals surface area contributed by atoms with Crippen LogP contribution < -0.4 is 16.2 Å². The highest BCUT2D eigenvalue weighted by molar-refractivity contribution is 6.31. The van der Waals surface area contributed by atoms with E-state index in [9.17, 15) is 14.0 Å². The molecule has 2 N–H and O–H groups in total. The third-order valence-electron chi connectivity index (χ3n) is 6.73. The van der Waals surface area contributed by atoms with Crippen LogP contribution in [0.4, 0.5) is 4.39 Å². The van der Waals surface area contributed by atoms with E-state index in [4.69, 9.17) is 16.6 Å². The second-order valence-electron chi connectivity index (χ2n) is 10.9. The zero-order chi connectivity index (χ0) is 28.3. The van der Waals surface area contributed by atoms with Gasteiger partial charge in [0.15, 0.2) is 0 Å². The molecule has 0 fully saturated rings. The van der Waals surface area contributed by atoms with E-state index in [1.165, 1.54) is 6.07 Å². The Hall–Kier alpha value is -3.55. The minimum atomic E-state index is -0.684. The summed E-state index contributed by atoms with van der Waals surface area (Å²) in [6, 6.07) is 19.0. The van der Waals surface area contributed by atoms with E-state index in [-0.39, 0.29) is 29.0 Å². The Morgan fingerprint density at radius 1 is 1.08 bits per heavy atom. The van der Waals surface area contributed by atoms with E-state index in [0.717, 1.165) is 5.56 Å². The molecule has 0 spiro atoms. The number of carbonyl (C=O) groups excluding carboxylic acids is 1. The van der Waals surface area contributed by atoms with E-state index in [1.807, 2.05) is 44.2 Å². The number of aryl methyl sites for hydroxylation is 1. The van der Waals surface area contributed by atoms with Crippen molar-refractivity contribution >= 4 is 28.4 Å². The second-order valence-corrected chi connectivity index (χ2v) is 11.3. The average molecular weight is 549 g/mol. The molecule has 8 heteroatoms. The van der Waals surface area contributed by atoms with E-state index >= 15 is 0 Å². The van der Waals surface area contributed by atoms with Gasteiger partial charge in [0.25, 0.3) is 11.5 Å². The van der Waals surface area contributed by atoms with Crippen molar-refractivity contribution in [3.63, 3.8) is 0 Å². The van der Waals surface area contributed by atoms with Crippen molar-refractivity contribution in [2.75, 3.05) is 6.54 Å². The lowest BCUT2D eigenvalue weighted by Gasteiger charge is -2.32. The van der Waals surface area contributed by atoms with Crippen molar-refractivity contribution < 1.29 is 9.18 Å². The largest absolute Gasteiger partial charge is 0.346 e. The lowest BCUT2D eigenvalue weighted by Crippen LogP contribution is -2.51. The molecule has 0 bridgehead atoms. The average Bonchev–Trinajstić information content (AvgIpc) is 2.87. The van der Waals surface area contributed by atoms with Gasteiger partial charge in [0.2, 0.25) is 0 Å². The van der Waals surface area contributed by atoms with Crippen molar-refractivity contribution in [1.29, 1.82) is 0 Å². The van der Waals surface area contributed by atoms with Crippen molar-refractivity contribution in [3.8, 4) is 0 Å². The molecular formula is C31H34ClFN4O2. The monoisotopic (exact) mass is 548 g/mol. The first-order valence-corrected chi connectivity index (χ1v) is 13.4. The molecule has 1 unspecified atom stereocenters. The summed E-state index contributed by atoms with van der Waals surface area (Å²) in [4.78, 5) is 31.5. The van der Waals surface area contributed by atoms with Crippen molar-refractivity contribution in [2.45, 2.75) is 52.7 Å². The lowest BCUT2D eigenvalue weighted by atomic mass is 9.99. The number of nitrogens with zero attached hydrogens (tertiary/aromatic N) is 2. The number of halogens is 2. The Bertz CT molecular complexity index is 1550. The van der Waals surface area contributed by atoms with Crippen LogP contribution in [0.25, 0.3) is 10.9 Å². The molecule has 0 aliphatic heterocycles. The van der Waals surface area contributed by atoms with Gasteiger partial charge in [-0.05, 0) is 68.1 Å². The number of benzene rings is 3. The molecule has 6 nitrogen and oxygen atoms in total. The number of hydrogen-bond donors (Lipinski definition) is 2. The molecule has 4 rings (SSSR count). The standard InChI is InChI=1S/C31H34ClFN4O2/c1-19(2)27(34-18-31(4,5)36-29(38)22-12-11-20(3)25(33)15-22)28-35-26-16-23(32)13-14-24(26)30(39)37(28)17-21-9-7-6-8-10-21/h6-16,19,27,34H,17-18H2,1-5H3,(H,36,38). The van der Waals surface area contributed by atoms with Crippen LogP contribution in [0.1, 0.15) is 61.0 Å². The zero-order valence-electron chi connectivity index (χ0n) is 22.9. The van der Waals surface area contributed by atoms with Crippen LogP contribution in [0.15, 0.2) is 71.5 Å². The SMILES string of the molecule is Cc1ccc(C(=O)NC(C)(C)CNC(c2nc3cc(Cl)ccc3c(=O)n2Cc2ccccc2)C(C)C)cc1F. The zero-order valence-corrected chi connectivity index (χ0v) is 23.6. The van der Waals surface area contributed by atoms with Gasteiger partial charge >= 0.3 is 0 Å². The van der Waals surface area contributed by atoms with Gasteiger partial charge in [0.05, 0.1) is 23.5 Å². The smallest absolute Gasteiger partial charge is 0.261 e. The van der Waals surface area contributed by atoms with E-state index in [0.29, 0.717) is 40.4 Å². The van der Waals surface area contributed by atoms with Crippen LogP contribution in [-0.2, 0) is 6.54 Å². The topological polar surface area (TPSA) is 76.0 Å². The normalized spacial score (nSPS) is 12.6. The molecule has 1 heterocycles. The summed E-state index contributed by atoms with van der Waals surface area (Å²) in [6.45, 7) is 10.3. The predicted octanol–water partition coefficient (Wildman–Crippen LogP) is 6.04. The summed E-state index contributed by atoms with van der Waals surface area (Å²) in [5, 5.41) is 7.54. The van der Waals surface area contributed by atoms with Crippen LogP contribution in [-0.4, -0.2) is 27.5 Å². The summed E-state index contributed by atoms with van der Waals surface area (Å²) >= 11 is 6.25. The van der Waals surface area contributed by atoms with Crippen LogP contribution in [0.2, 0.25) is 5.02 Å². The maximum atomic E-state index is 14.0. The molecule has 4 aromatic rings. The number of aromatic nitrogens is 2. The number of rotatable bonds is 9. The summed E-state index contributed by atoms with van der Waals surface area (Å²) in [5.74, 6) is -0.122. The maximum Gasteiger partial charge on any atom is 0.261 e. The molecule has 204 valence electrons. The predicted molar refractivity (Wildman–Crippen MR) is 155 cm³/mol. The Morgan fingerprint density at radius 2 is 1.79 bits per heavy atom. The molecule has 39 heavy (non-hydrogen) atoms. The van der Waals surface area contributed by atoms with Gasteiger partial charge < -0.3 is 10.6 Å². The van der Waals surface area contributed by atoms with Gasteiger partial charge in [-0.25, -0.2) is 9.37 Å². The highest BCUT2D eigenvalue weighted by Gasteiger charge is 2.28. The minimum absolute atomic E-state index is 0.0632. The van der Waals surface area contributed by atoms with Crippen LogP contribution in [0.5, 0.6) is 0 Å². The fourth-order valence-electron chi connectivity index (χ4n) is 4.52. The summed E-state index contributed by atoms with van der Waals surface area (Å²) in [7, 11) is 0. The Labute approximate surface area is 233 Å². The molecule has 0 aliphatic rings. The van der Waals surface area contributed by atoms with Gasteiger partial charge in [0, 0.05) is 22.7 Å². The molecule has 1 aromatic heterocycles. The van der Waals surface area contributed by atoms with Crippen molar-refractivity contribution in [3.05, 3.63) is 110 Å². The number of amides is 1. The molecule has 0 aliphatic carbocycles. The van der Waals surface area contributed by atoms with E-state index in [2.05, 4.69) is 24.5 Å². The first-order valence-electron chi connectivity index (χ1n) is 13.0. The number of carbonyl (C=O) groups is 1. The van der Waals surface area contributed by atoms with E-state index in [1.54, 1.807) is 41.8 Å². The molecule has 0 radical (unpaired) electrons. The Kier molecular flexibility index (Phi) is 8.52. The number of fused-ring (bicyclic) bond motifs is 1. The summed E-state index contributed by atoms with van der Waals surface area (Å²) in [6.07, 6.45) is 0. The highest BCUT2D eigenvalue weighted by Crippen LogP contribution is 2.24. The third kappa shape index (κ3) is 6.72. The van der Waals surface area contributed by atoms with Gasteiger partial charge in [-0.15, -0.1) is 0 Å². The van der Waals surface area contributed by atoms with Crippen LogP contribution in [0.3, 0.4) is 0 Å². The van der Waals surface area contributed by atoms with Crippen LogP contribution >= 0.6 is 11.6 Å². The molecule has 0 saturated heterocycles. The first-order chi connectivity index (χ1) is 18.4. The quantitative estimate of drug-likeness (QED) is 0.267. The molecule has 1 atom stereocenters. The molecule has 1 amide bonds. The minimum Gasteiger partial charge on any atom is -0.346 e. The Balaban J connectivity index is 1.66. The van der Waals surface area contributed by atoms with Crippen molar-refractivity contribution in [2.24, 2.45) is 5.92 Å². The van der Waals surface area contributed by atoms with Crippen molar-refractivity contribution in [1.82, 2.24) is 20.2 Å². The fourth-order valence-corrected chi connectivity index (χ4v) is 4.68. The third-order valence-corrected chi connectivity index (χ3v) is 6.96. The summed E-state index contributed by atoms with van der Waals surface area (Å²) < 4.78 is 15.7. The van der Waals surface area contributed by atoms with E-state index < -0.39 is 11.4 Å². The molecule has 0 saturated carbocycles. The highest BCUT2D eigenvalue weighted by atomic mass is 35.5. The first kappa shape index (κ1) is 28.5. The second kappa shape index (κ2) is 11.7. The molecule has 3 aromatic carbocycles. The number of hydrogen-bond acceptors (Lipinski definition) is 4. The summed E-state index contributed by atoms with van der Waals surface area (Å²) in [5.41, 5.74) is 1.44. The van der Waals surface area contributed by atoms with Gasteiger partial charge in [-0.3, -0.25) is 14.2 Å².